The molecule has 0 atom stereocenters. The zero-order valence-corrected chi connectivity index (χ0v) is 12.5. The summed E-state index contributed by atoms with van der Waals surface area (Å²) in [6.07, 6.45) is 2.99. The topological polar surface area (TPSA) is 15.3 Å². The number of rotatable bonds is 2. The Labute approximate surface area is 118 Å². The lowest BCUT2D eigenvalue weighted by Gasteiger charge is -2.27. The third kappa shape index (κ3) is 11.1. The van der Waals surface area contributed by atoms with Crippen molar-refractivity contribution in [2.45, 2.75) is 44.3 Å². The van der Waals surface area contributed by atoms with E-state index in [1.807, 2.05) is 5.32 Å². The van der Waals surface area contributed by atoms with Crippen LogP contribution in [-0.4, -0.2) is 42.1 Å². The third-order valence-corrected chi connectivity index (χ3v) is 3.05. The maximum Gasteiger partial charge on any atom is 0.405 e. The van der Waals surface area contributed by atoms with Gasteiger partial charge in [-0.3, -0.25) is 0 Å². The molecule has 1 saturated carbocycles. The van der Waals surface area contributed by atoms with Crippen molar-refractivity contribution in [1.29, 1.82) is 0 Å². The number of nitrogens with zero attached hydrogens (tertiary/aromatic N) is 1. The van der Waals surface area contributed by atoms with Crippen molar-refractivity contribution in [1.82, 2.24) is 10.2 Å². The zero-order chi connectivity index (χ0) is 14.2. The number of alkyl halides is 3. The van der Waals surface area contributed by atoms with Crippen molar-refractivity contribution in [3.63, 3.8) is 0 Å². The fourth-order valence-corrected chi connectivity index (χ4v) is 1.92. The molecule has 0 radical (unpaired) electrons. The standard InChI is InChI=1S/C8H17N.C3H4F3NS2/c1-9(2)8-6-4-3-5-7-8;4-3(5,6)1-7-2(8)9/h8H,3-7H2,1-2H3;1H2,(H2,7,8,9). The molecule has 0 heterocycles. The predicted molar refractivity (Wildman–Crippen MR) is 76.2 cm³/mol. The molecule has 0 aliphatic heterocycles. The molecule has 1 aliphatic carbocycles. The first kappa shape index (κ1) is 18.0. The van der Waals surface area contributed by atoms with E-state index in [0.29, 0.717) is 0 Å². The van der Waals surface area contributed by atoms with Gasteiger partial charge in [0.2, 0.25) is 0 Å². The van der Waals surface area contributed by atoms with Crippen LogP contribution in [0.2, 0.25) is 0 Å². The van der Waals surface area contributed by atoms with Crippen LogP contribution in [0.1, 0.15) is 32.1 Å². The Morgan fingerprint density at radius 1 is 1.28 bits per heavy atom. The molecule has 7 heteroatoms. The number of hydrogen-bond donors (Lipinski definition) is 2. The minimum absolute atomic E-state index is 0.146. The highest BCUT2D eigenvalue weighted by Gasteiger charge is 2.26. The van der Waals surface area contributed by atoms with Gasteiger partial charge in [0.1, 0.15) is 10.9 Å². The third-order valence-electron chi connectivity index (χ3n) is 2.75. The molecule has 0 amide bonds. The molecule has 0 spiro atoms. The molecule has 0 unspecified atom stereocenters. The second kappa shape index (κ2) is 8.98. The van der Waals surface area contributed by atoms with Crippen LogP contribution in [0.25, 0.3) is 0 Å². The average molecular weight is 302 g/mol. The van der Waals surface area contributed by atoms with E-state index >= 15 is 0 Å². The summed E-state index contributed by atoms with van der Waals surface area (Å²) in [6, 6.07) is 0.888. The fourth-order valence-electron chi connectivity index (χ4n) is 1.77. The molecular weight excluding hydrogens is 281 g/mol. The van der Waals surface area contributed by atoms with Crippen molar-refractivity contribution < 1.29 is 13.2 Å². The monoisotopic (exact) mass is 302 g/mol. The van der Waals surface area contributed by atoms with Gasteiger partial charge in [0.05, 0.1) is 0 Å². The van der Waals surface area contributed by atoms with Crippen molar-refractivity contribution in [2.75, 3.05) is 20.6 Å². The van der Waals surface area contributed by atoms with Gasteiger partial charge < -0.3 is 10.2 Å². The summed E-state index contributed by atoms with van der Waals surface area (Å²) in [5, 5.41) is 1.86. The Morgan fingerprint density at radius 3 is 2.00 bits per heavy atom. The van der Waals surface area contributed by atoms with E-state index in [0.717, 1.165) is 6.04 Å². The lowest BCUT2D eigenvalue weighted by molar-refractivity contribution is -0.121. The maximum absolute atomic E-state index is 11.3. The van der Waals surface area contributed by atoms with Crippen LogP contribution < -0.4 is 5.32 Å². The molecule has 108 valence electrons. The van der Waals surface area contributed by atoms with Crippen molar-refractivity contribution in [3.05, 3.63) is 0 Å². The van der Waals surface area contributed by atoms with Gasteiger partial charge in [0.15, 0.2) is 0 Å². The highest BCUT2D eigenvalue weighted by atomic mass is 32.1. The molecule has 0 aromatic carbocycles. The zero-order valence-electron chi connectivity index (χ0n) is 10.8. The van der Waals surface area contributed by atoms with Crippen LogP contribution in [0.3, 0.4) is 0 Å². The van der Waals surface area contributed by atoms with Crippen LogP contribution in [0.4, 0.5) is 13.2 Å². The van der Waals surface area contributed by atoms with E-state index in [-0.39, 0.29) is 4.32 Å². The van der Waals surface area contributed by atoms with Crippen LogP contribution in [-0.2, 0) is 0 Å². The van der Waals surface area contributed by atoms with Crippen molar-refractivity contribution >= 4 is 29.2 Å². The summed E-state index contributed by atoms with van der Waals surface area (Å²) in [5.41, 5.74) is 0. The molecule has 1 N–H and O–H groups in total. The minimum Gasteiger partial charge on any atom is -0.362 e. The Morgan fingerprint density at radius 2 is 1.78 bits per heavy atom. The SMILES string of the molecule is CN(C)C1CCCCC1.FC(F)(F)CNC(=S)S. The summed E-state index contributed by atoms with van der Waals surface area (Å²) < 4.78 is 33.6. The number of hydrogen-bond acceptors (Lipinski definition) is 2. The first-order valence-corrected chi connectivity index (χ1v) is 6.78. The molecule has 0 bridgehead atoms. The van der Waals surface area contributed by atoms with E-state index in [4.69, 9.17) is 0 Å². The predicted octanol–water partition coefficient (Wildman–Crippen LogP) is 3.23. The Balaban J connectivity index is 0.000000321. The van der Waals surface area contributed by atoms with Gasteiger partial charge in [0, 0.05) is 6.04 Å². The second-order valence-corrected chi connectivity index (χ2v) is 5.69. The fraction of sp³-hybridized carbons (Fsp3) is 0.909. The largest absolute Gasteiger partial charge is 0.405 e. The Kier molecular flexibility index (Phi) is 8.98. The quantitative estimate of drug-likeness (QED) is 0.602. The highest BCUT2D eigenvalue weighted by molar-refractivity contribution is 8.11. The van der Waals surface area contributed by atoms with Gasteiger partial charge in [-0.15, -0.1) is 12.6 Å². The van der Waals surface area contributed by atoms with E-state index in [9.17, 15) is 13.2 Å². The van der Waals surface area contributed by atoms with Gasteiger partial charge in [-0.25, -0.2) is 0 Å². The highest BCUT2D eigenvalue weighted by Crippen LogP contribution is 2.20. The van der Waals surface area contributed by atoms with Crippen LogP contribution in [0.5, 0.6) is 0 Å². The minimum atomic E-state index is -4.22. The molecular formula is C11H21F3N2S2. The normalized spacial score (nSPS) is 17.1. The molecule has 2 nitrogen and oxygen atoms in total. The Hall–Kier alpha value is -0.0100. The number of halogens is 3. The van der Waals surface area contributed by atoms with E-state index in [1.54, 1.807) is 0 Å². The maximum atomic E-state index is 11.3. The first-order valence-electron chi connectivity index (χ1n) is 5.92. The van der Waals surface area contributed by atoms with Gasteiger partial charge >= 0.3 is 6.18 Å². The van der Waals surface area contributed by atoms with Crippen LogP contribution in [0.15, 0.2) is 0 Å². The lowest BCUT2D eigenvalue weighted by atomic mass is 9.95. The van der Waals surface area contributed by atoms with Gasteiger partial charge in [0.25, 0.3) is 0 Å². The van der Waals surface area contributed by atoms with E-state index < -0.39 is 12.7 Å². The lowest BCUT2D eigenvalue weighted by Crippen LogP contribution is -2.30. The van der Waals surface area contributed by atoms with Gasteiger partial charge in [-0.2, -0.15) is 13.2 Å². The van der Waals surface area contributed by atoms with Crippen molar-refractivity contribution in [2.24, 2.45) is 0 Å². The van der Waals surface area contributed by atoms with E-state index in [1.165, 1.54) is 32.1 Å². The van der Waals surface area contributed by atoms with Gasteiger partial charge in [-0.05, 0) is 26.9 Å². The molecule has 1 aliphatic rings. The summed E-state index contributed by atoms with van der Waals surface area (Å²) in [5.74, 6) is 0. The first-order chi connectivity index (χ1) is 8.22. The summed E-state index contributed by atoms with van der Waals surface area (Å²) in [4.78, 5) is 2.36. The van der Waals surface area contributed by atoms with E-state index in [2.05, 4.69) is 43.8 Å². The molecule has 1 rings (SSSR count). The van der Waals surface area contributed by atoms with Crippen LogP contribution in [0, 0.1) is 0 Å². The Bertz CT molecular complexity index is 239. The van der Waals surface area contributed by atoms with Crippen molar-refractivity contribution in [3.8, 4) is 0 Å². The van der Waals surface area contributed by atoms with Crippen LogP contribution >= 0.6 is 24.8 Å². The number of thiocarbonyl (C=S) groups is 1. The summed E-state index contributed by atoms with van der Waals surface area (Å²) in [6.45, 7) is -1.12. The molecule has 0 aromatic heterocycles. The molecule has 18 heavy (non-hydrogen) atoms. The smallest absolute Gasteiger partial charge is 0.362 e. The second-order valence-electron chi connectivity index (χ2n) is 4.53. The molecule has 1 fully saturated rings. The molecule has 0 aromatic rings. The van der Waals surface area contributed by atoms with Gasteiger partial charge in [-0.1, -0.05) is 31.5 Å². The average Bonchev–Trinajstić information content (AvgIpc) is 2.27. The number of thiol groups is 1. The summed E-state index contributed by atoms with van der Waals surface area (Å²) >= 11 is 7.65. The number of nitrogens with one attached hydrogen (secondary N) is 1. The summed E-state index contributed by atoms with van der Waals surface area (Å²) in [7, 11) is 4.38. The molecule has 0 saturated heterocycles.